The zero-order valence-corrected chi connectivity index (χ0v) is 13.7. The fourth-order valence-electron chi connectivity index (χ4n) is 2.40. The monoisotopic (exact) mass is 335 g/mol. The van der Waals surface area contributed by atoms with Crippen molar-refractivity contribution in [1.29, 1.82) is 0 Å². The van der Waals surface area contributed by atoms with Gasteiger partial charge in [-0.25, -0.2) is 14.8 Å². The van der Waals surface area contributed by atoms with Crippen LogP contribution in [0.2, 0.25) is 0 Å². The van der Waals surface area contributed by atoms with Gasteiger partial charge in [0.25, 0.3) is 0 Å². The van der Waals surface area contributed by atoms with E-state index in [2.05, 4.69) is 19.9 Å². The quantitative estimate of drug-likeness (QED) is 0.833. The Hall–Kier alpha value is -2.42. The molecule has 1 aliphatic heterocycles. The molecular weight excluding hydrogens is 318 g/mol. The average Bonchev–Trinajstić information content (AvgIpc) is 3.00. The van der Waals surface area contributed by atoms with E-state index in [-0.39, 0.29) is 11.6 Å². The fourth-order valence-corrected chi connectivity index (χ4v) is 3.14. The highest BCUT2D eigenvalue weighted by Crippen LogP contribution is 2.25. The minimum absolute atomic E-state index is 0.0529. The molecule has 2 aromatic rings. The van der Waals surface area contributed by atoms with Crippen LogP contribution in [0.25, 0.3) is 0 Å². The second-order valence-electron chi connectivity index (χ2n) is 5.15. The van der Waals surface area contributed by atoms with E-state index < -0.39 is 5.97 Å². The van der Waals surface area contributed by atoms with Crippen LogP contribution in [0.5, 0.6) is 5.88 Å². The molecule has 0 aromatic carbocycles. The number of methoxy groups -OCH3 is 1. The Bertz CT molecular complexity index is 712. The zero-order chi connectivity index (χ0) is 16.4. The third kappa shape index (κ3) is 3.34. The predicted octanol–water partition coefficient (Wildman–Crippen LogP) is 1.06. The second kappa shape index (κ2) is 6.37. The molecule has 1 N–H and O–H groups in total. The molecule has 0 aliphatic carbocycles. The Morgan fingerprint density at radius 3 is 2.52 bits per heavy atom. The third-order valence-electron chi connectivity index (χ3n) is 3.55. The maximum absolute atomic E-state index is 11.7. The summed E-state index contributed by atoms with van der Waals surface area (Å²) in [5.74, 6) is 0.123. The summed E-state index contributed by atoms with van der Waals surface area (Å²) in [6.07, 6.45) is 0. The first-order valence-electron chi connectivity index (χ1n) is 7.15. The largest absolute Gasteiger partial charge is 0.493 e. The number of rotatable bonds is 3. The molecule has 122 valence electrons. The molecule has 3 rings (SSSR count). The van der Waals surface area contributed by atoms with E-state index in [1.807, 2.05) is 11.8 Å². The molecule has 9 heteroatoms. The maximum Gasteiger partial charge on any atom is 0.356 e. The Morgan fingerprint density at radius 1 is 1.22 bits per heavy atom. The Balaban J connectivity index is 1.72. The van der Waals surface area contributed by atoms with E-state index in [1.54, 1.807) is 11.4 Å². The van der Waals surface area contributed by atoms with Gasteiger partial charge in [-0.15, -0.1) is 11.3 Å². The molecule has 0 atom stereocenters. The molecule has 8 nitrogen and oxygen atoms in total. The van der Waals surface area contributed by atoms with Crippen LogP contribution >= 0.6 is 11.3 Å². The zero-order valence-electron chi connectivity index (χ0n) is 12.9. The van der Waals surface area contributed by atoms with Crippen molar-refractivity contribution < 1.29 is 14.6 Å². The van der Waals surface area contributed by atoms with Crippen molar-refractivity contribution in [3.05, 3.63) is 22.8 Å². The van der Waals surface area contributed by atoms with E-state index in [1.165, 1.54) is 18.4 Å². The lowest BCUT2D eigenvalue weighted by molar-refractivity contribution is 0.0593. The summed E-state index contributed by atoms with van der Waals surface area (Å²) in [7, 11) is 1.33. The number of nitrogens with zero attached hydrogens (tertiary/aromatic N) is 5. The summed E-state index contributed by atoms with van der Waals surface area (Å²) >= 11 is 1.42. The van der Waals surface area contributed by atoms with Gasteiger partial charge in [0.2, 0.25) is 11.8 Å². The summed E-state index contributed by atoms with van der Waals surface area (Å²) < 4.78 is 4.72. The van der Waals surface area contributed by atoms with Crippen LogP contribution in [0.3, 0.4) is 0 Å². The van der Waals surface area contributed by atoms with Crippen molar-refractivity contribution in [3.8, 4) is 5.88 Å². The minimum Gasteiger partial charge on any atom is -0.493 e. The van der Waals surface area contributed by atoms with E-state index in [4.69, 9.17) is 4.74 Å². The van der Waals surface area contributed by atoms with Gasteiger partial charge < -0.3 is 19.6 Å². The number of hydrogen-bond acceptors (Lipinski definition) is 9. The van der Waals surface area contributed by atoms with Crippen molar-refractivity contribution in [3.63, 3.8) is 0 Å². The number of ether oxygens (including phenoxy) is 1. The Morgan fingerprint density at radius 2 is 1.91 bits per heavy atom. The highest BCUT2D eigenvalue weighted by Gasteiger charge is 2.22. The van der Waals surface area contributed by atoms with Gasteiger partial charge in [0, 0.05) is 31.9 Å². The number of carbonyl (C=O) groups is 1. The van der Waals surface area contributed by atoms with Crippen LogP contribution in [-0.4, -0.2) is 59.3 Å². The van der Waals surface area contributed by atoms with Crippen LogP contribution in [-0.2, 0) is 4.74 Å². The summed E-state index contributed by atoms with van der Waals surface area (Å²) in [6.45, 7) is 4.75. The highest BCUT2D eigenvalue weighted by atomic mass is 32.1. The third-order valence-corrected chi connectivity index (χ3v) is 4.44. The van der Waals surface area contributed by atoms with Crippen molar-refractivity contribution in [2.24, 2.45) is 0 Å². The van der Waals surface area contributed by atoms with Crippen LogP contribution in [0, 0.1) is 6.92 Å². The van der Waals surface area contributed by atoms with Crippen LogP contribution in [0.1, 0.15) is 16.2 Å². The summed E-state index contributed by atoms with van der Waals surface area (Å²) in [5, 5.41) is 11.8. The molecule has 2 aromatic heterocycles. The number of aromatic hydroxyl groups is 1. The van der Waals surface area contributed by atoms with Gasteiger partial charge in [-0.2, -0.15) is 4.98 Å². The minimum atomic E-state index is -0.464. The van der Waals surface area contributed by atoms with Gasteiger partial charge in [0.15, 0.2) is 10.8 Å². The Labute approximate surface area is 137 Å². The lowest BCUT2D eigenvalue weighted by Gasteiger charge is -2.34. The van der Waals surface area contributed by atoms with Crippen molar-refractivity contribution in [2.75, 3.05) is 43.1 Å². The normalized spacial score (nSPS) is 14.9. The van der Waals surface area contributed by atoms with Gasteiger partial charge in [-0.1, -0.05) is 0 Å². The van der Waals surface area contributed by atoms with Crippen molar-refractivity contribution >= 4 is 28.4 Å². The number of aromatic nitrogens is 3. The van der Waals surface area contributed by atoms with Gasteiger partial charge >= 0.3 is 5.97 Å². The highest BCUT2D eigenvalue weighted by molar-refractivity contribution is 7.13. The van der Waals surface area contributed by atoms with E-state index in [0.29, 0.717) is 19.0 Å². The lowest BCUT2D eigenvalue weighted by atomic mass is 10.3. The number of thiazole rings is 1. The average molecular weight is 335 g/mol. The molecule has 0 radical (unpaired) electrons. The molecule has 1 saturated heterocycles. The first-order chi connectivity index (χ1) is 11.1. The second-order valence-corrected chi connectivity index (χ2v) is 5.99. The first kappa shape index (κ1) is 15.5. The molecule has 3 heterocycles. The number of aryl methyl sites for hydroxylation is 1. The molecule has 23 heavy (non-hydrogen) atoms. The van der Waals surface area contributed by atoms with E-state index >= 15 is 0 Å². The van der Waals surface area contributed by atoms with Crippen LogP contribution < -0.4 is 9.80 Å². The first-order valence-corrected chi connectivity index (χ1v) is 8.03. The van der Waals surface area contributed by atoms with Gasteiger partial charge in [0.1, 0.15) is 0 Å². The summed E-state index contributed by atoms with van der Waals surface area (Å²) in [4.78, 5) is 28.6. The standard InChI is InChI=1S/C14H17N5O3S/c1-9-7-10(12(21)22-2)16-13(15-9)18-3-5-19(6-4-18)14-17-11(20)8-23-14/h7-8,20H,3-6H2,1-2H3. The van der Waals surface area contributed by atoms with Crippen molar-refractivity contribution in [1.82, 2.24) is 15.0 Å². The van der Waals surface area contributed by atoms with Crippen LogP contribution in [0.15, 0.2) is 11.4 Å². The molecule has 0 bridgehead atoms. The van der Waals surface area contributed by atoms with E-state index in [9.17, 15) is 9.90 Å². The van der Waals surface area contributed by atoms with Gasteiger partial charge in [0.05, 0.1) is 12.5 Å². The number of piperazine rings is 1. The van der Waals surface area contributed by atoms with E-state index in [0.717, 1.165) is 23.9 Å². The number of anilines is 2. The number of carbonyl (C=O) groups excluding carboxylic acids is 1. The molecule has 1 fully saturated rings. The summed E-state index contributed by atoms with van der Waals surface area (Å²) in [5.41, 5.74) is 0.991. The molecule has 1 aliphatic rings. The smallest absolute Gasteiger partial charge is 0.356 e. The molecular formula is C14H17N5O3S. The summed E-state index contributed by atoms with van der Waals surface area (Å²) in [6, 6.07) is 1.62. The van der Waals surface area contributed by atoms with Gasteiger partial charge in [-0.05, 0) is 13.0 Å². The van der Waals surface area contributed by atoms with Gasteiger partial charge in [-0.3, -0.25) is 0 Å². The fraction of sp³-hybridized carbons (Fsp3) is 0.429. The molecule has 0 amide bonds. The number of hydrogen-bond donors (Lipinski definition) is 1. The molecule has 0 saturated carbocycles. The maximum atomic E-state index is 11.7. The van der Waals surface area contributed by atoms with Crippen LogP contribution in [0.4, 0.5) is 11.1 Å². The predicted molar refractivity (Wildman–Crippen MR) is 86.3 cm³/mol. The Kier molecular flexibility index (Phi) is 4.28. The van der Waals surface area contributed by atoms with Crippen molar-refractivity contribution in [2.45, 2.75) is 6.92 Å². The lowest BCUT2D eigenvalue weighted by Crippen LogP contribution is -2.47. The molecule has 0 spiro atoms. The molecule has 0 unspecified atom stereocenters. The topological polar surface area (TPSA) is 91.7 Å². The number of esters is 1. The SMILES string of the molecule is COC(=O)c1cc(C)nc(N2CCN(c3nc(O)cs3)CC2)n1.